The zero-order chi connectivity index (χ0) is 21.7. The van der Waals surface area contributed by atoms with Crippen LogP contribution in [0.4, 0.5) is 0 Å². The van der Waals surface area contributed by atoms with Crippen molar-refractivity contribution in [2.24, 2.45) is 7.05 Å². The van der Waals surface area contributed by atoms with Crippen LogP contribution in [-0.4, -0.2) is 40.0 Å². The first-order valence-corrected chi connectivity index (χ1v) is 10.2. The second-order valence-electron chi connectivity index (χ2n) is 7.68. The van der Waals surface area contributed by atoms with E-state index in [1.54, 1.807) is 10.9 Å². The molecule has 0 atom stereocenters. The van der Waals surface area contributed by atoms with Gasteiger partial charge in [0, 0.05) is 47.7 Å². The fourth-order valence-electron chi connectivity index (χ4n) is 4.16. The van der Waals surface area contributed by atoms with Crippen LogP contribution in [-0.2, 0) is 13.7 Å². The average Bonchev–Trinajstić information content (AvgIpc) is 3.54. The number of aromatic amines is 2. The third kappa shape index (κ3) is 2.89. The highest BCUT2D eigenvalue weighted by atomic mass is 16.3. The molecule has 0 saturated heterocycles. The number of benzene rings is 1. The van der Waals surface area contributed by atoms with Gasteiger partial charge in [-0.2, -0.15) is 10.2 Å². The van der Waals surface area contributed by atoms with Gasteiger partial charge in [0.2, 0.25) is 0 Å². The summed E-state index contributed by atoms with van der Waals surface area (Å²) in [5, 5.41) is 22.7. The maximum atomic E-state index is 9.67. The summed E-state index contributed by atoms with van der Waals surface area (Å²) in [4.78, 5) is 12.6. The molecule has 32 heavy (non-hydrogen) atoms. The zero-order valence-corrected chi connectivity index (χ0v) is 17.2. The Morgan fingerprint density at radius 2 is 1.97 bits per heavy atom. The molecule has 0 fully saturated rings. The number of aliphatic hydroxyl groups is 1. The molecule has 156 valence electrons. The highest BCUT2D eigenvalue weighted by Gasteiger charge is 2.17. The van der Waals surface area contributed by atoms with Gasteiger partial charge in [-0.25, -0.2) is 4.98 Å². The van der Waals surface area contributed by atoms with Crippen molar-refractivity contribution in [3.8, 4) is 33.8 Å². The molecular formula is C24H19N7O. The second-order valence-corrected chi connectivity index (χ2v) is 7.68. The molecule has 8 nitrogen and oxygen atoms in total. The Hall–Kier alpha value is -4.30. The van der Waals surface area contributed by atoms with E-state index >= 15 is 0 Å². The molecular weight excluding hydrogens is 402 g/mol. The van der Waals surface area contributed by atoms with Gasteiger partial charge in [0.1, 0.15) is 11.2 Å². The second kappa shape index (κ2) is 7.14. The Bertz CT molecular complexity index is 1580. The van der Waals surface area contributed by atoms with Gasteiger partial charge < -0.3 is 10.1 Å². The number of aryl methyl sites for hydroxylation is 1. The van der Waals surface area contributed by atoms with E-state index in [2.05, 4.69) is 49.5 Å². The Morgan fingerprint density at radius 3 is 2.81 bits per heavy atom. The smallest absolute Gasteiger partial charge is 0.135 e. The number of rotatable bonds is 4. The summed E-state index contributed by atoms with van der Waals surface area (Å²) in [6, 6.07) is 16.1. The predicted molar refractivity (Wildman–Crippen MR) is 123 cm³/mol. The third-order valence-corrected chi connectivity index (χ3v) is 5.63. The maximum Gasteiger partial charge on any atom is 0.135 e. The molecule has 0 aliphatic heterocycles. The van der Waals surface area contributed by atoms with Gasteiger partial charge in [-0.1, -0.05) is 18.2 Å². The summed E-state index contributed by atoms with van der Waals surface area (Å²) in [6.45, 7) is -0.146. The van der Waals surface area contributed by atoms with Gasteiger partial charge >= 0.3 is 0 Å². The molecule has 0 unspecified atom stereocenters. The van der Waals surface area contributed by atoms with Crippen molar-refractivity contribution in [1.29, 1.82) is 0 Å². The number of aliphatic hydroxyl groups excluding tert-OH is 1. The van der Waals surface area contributed by atoms with Crippen LogP contribution in [0.3, 0.4) is 0 Å². The van der Waals surface area contributed by atoms with Crippen LogP contribution in [0.2, 0.25) is 0 Å². The van der Waals surface area contributed by atoms with Crippen molar-refractivity contribution in [1.82, 2.24) is 34.9 Å². The Labute approximate surface area is 182 Å². The van der Waals surface area contributed by atoms with Crippen molar-refractivity contribution in [3.05, 3.63) is 72.8 Å². The molecule has 0 aliphatic carbocycles. The van der Waals surface area contributed by atoms with E-state index < -0.39 is 0 Å². The van der Waals surface area contributed by atoms with Gasteiger partial charge in [-0.05, 0) is 35.9 Å². The number of nitrogens with zero attached hydrogens (tertiary/aromatic N) is 5. The minimum absolute atomic E-state index is 0.146. The molecule has 0 spiro atoms. The Balaban J connectivity index is 1.51. The maximum absolute atomic E-state index is 9.67. The molecule has 6 aromatic rings. The monoisotopic (exact) mass is 421 g/mol. The van der Waals surface area contributed by atoms with E-state index in [0.29, 0.717) is 5.69 Å². The van der Waals surface area contributed by atoms with E-state index in [0.717, 1.165) is 55.7 Å². The Kier molecular flexibility index (Phi) is 4.12. The van der Waals surface area contributed by atoms with Gasteiger partial charge in [-0.15, -0.1) is 0 Å². The van der Waals surface area contributed by atoms with Crippen LogP contribution in [0.5, 0.6) is 0 Å². The normalized spacial score (nSPS) is 11.6. The first-order valence-electron chi connectivity index (χ1n) is 10.2. The fourth-order valence-corrected chi connectivity index (χ4v) is 4.16. The van der Waals surface area contributed by atoms with Gasteiger partial charge in [0.05, 0.1) is 29.2 Å². The molecule has 6 rings (SSSR count). The van der Waals surface area contributed by atoms with E-state index in [4.69, 9.17) is 4.98 Å². The number of pyridine rings is 2. The molecule has 8 heteroatoms. The summed E-state index contributed by atoms with van der Waals surface area (Å²) < 4.78 is 1.68. The number of nitrogens with one attached hydrogen (secondary N) is 2. The number of hydrogen-bond donors (Lipinski definition) is 3. The average molecular weight is 421 g/mol. The quantitative estimate of drug-likeness (QED) is 0.398. The minimum Gasteiger partial charge on any atom is -0.390 e. The van der Waals surface area contributed by atoms with Gasteiger partial charge in [-0.3, -0.25) is 14.8 Å². The van der Waals surface area contributed by atoms with E-state index in [1.165, 1.54) is 0 Å². The van der Waals surface area contributed by atoms with Crippen molar-refractivity contribution < 1.29 is 5.11 Å². The van der Waals surface area contributed by atoms with Gasteiger partial charge in [0.25, 0.3) is 0 Å². The lowest BCUT2D eigenvalue weighted by Gasteiger charge is -2.02. The van der Waals surface area contributed by atoms with Crippen LogP contribution in [0.25, 0.3) is 55.7 Å². The highest BCUT2D eigenvalue weighted by molar-refractivity contribution is 6.00. The molecule has 0 saturated carbocycles. The van der Waals surface area contributed by atoms with Crippen molar-refractivity contribution in [2.75, 3.05) is 0 Å². The summed E-state index contributed by atoms with van der Waals surface area (Å²) in [6.07, 6.45) is 5.50. The Morgan fingerprint density at radius 1 is 1.03 bits per heavy atom. The first-order chi connectivity index (χ1) is 15.7. The lowest BCUT2D eigenvalue weighted by molar-refractivity contribution is 0.276. The highest BCUT2D eigenvalue weighted by Crippen LogP contribution is 2.34. The van der Waals surface area contributed by atoms with E-state index in [-0.39, 0.29) is 6.61 Å². The van der Waals surface area contributed by atoms with Gasteiger partial charge in [0.15, 0.2) is 0 Å². The zero-order valence-electron chi connectivity index (χ0n) is 17.2. The van der Waals surface area contributed by atoms with Crippen molar-refractivity contribution >= 4 is 21.9 Å². The summed E-state index contributed by atoms with van der Waals surface area (Å²) in [5.41, 5.74) is 8.53. The molecule has 0 aliphatic rings. The van der Waals surface area contributed by atoms with Crippen LogP contribution in [0.1, 0.15) is 5.69 Å². The molecule has 0 radical (unpaired) electrons. The molecule has 0 amide bonds. The SMILES string of the molecule is Cn1cc(-c2ccc3[nH]nc(-c4cc5c(-c6cccnc6)cccc5[nH]4)c3n2)c(CO)n1. The van der Waals surface area contributed by atoms with Crippen LogP contribution >= 0.6 is 0 Å². The molecule has 1 aromatic carbocycles. The van der Waals surface area contributed by atoms with E-state index in [9.17, 15) is 5.11 Å². The van der Waals surface area contributed by atoms with Crippen molar-refractivity contribution in [3.63, 3.8) is 0 Å². The lowest BCUT2D eigenvalue weighted by atomic mass is 10.0. The van der Waals surface area contributed by atoms with Crippen LogP contribution in [0, 0.1) is 0 Å². The predicted octanol–water partition coefficient (Wildman–Crippen LogP) is 4.06. The third-order valence-electron chi connectivity index (χ3n) is 5.63. The molecule has 5 aromatic heterocycles. The van der Waals surface area contributed by atoms with Crippen LogP contribution in [0.15, 0.2) is 67.1 Å². The minimum atomic E-state index is -0.146. The fraction of sp³-hybridized carbons (Fsp3) is 0.0833. The number of H-pyrrole nitrogens is 2. The summed E-state index contributed by atoms with van der Waals surface area (Å²) in [5.74, 6) is 0. The van der Waals surface area contributed by atoms with Crippen molar-refractivity contribution in [2.45, 2.75) is 6.61 Å². The molecule has 0 bridgehead atoms. The van der Waals surface area contributed by atoms with Crippen LogP contribution < -0.4 is 0 Å². The molecule has 5 heterocycles. The summed E-state index contributed by atoms with van der Waals surface area (Å²) in [7, 11) is 1.83. The standard InChI is InChI=1S/C24H19N7O/c1-31-12-17(22(13-32)30-31)19-7-8-20-23(27-19)24(29-28-20)21-10-16-15(5-2-6-18(16)26-21)14-4-3-9-25-11-14/h2-12,26,32H,13H2,1H3,(H,28,29). The topological polar surface area (TPSA) is 108 Å². The number of aromatic nitrogens is 7. The number of hydrogen-bond acceptors (Lipinski definition) is 5. The molecule has 3 N–H and O–H groups in total. The number of fused-ring (bicyclic) bond motifs is 2. The van der Waals surface area contributed by atoms with E-state index in [1.807, 2.05) is 43.7 Å². The first kappa shape index (κ1) is 18.5. The largest absolute Gasteiger partial charge is 0.390 e. The lowest BCUT2D eigenvalue weighted by Crippen LogP contribution is -1.91. The summed E-state index contributed by atoms with van der Waals surface area (Å²) >= 11 is 0.